The molecule has 2 aliphatic rings. The van der Waals surface area contributed by atoms with E-state index in [1.165, 1.54) is 61.6 Å². The number of hydrogen-bond acceptors (Lipinski definition) is 4. The highest BCUT2D eigenvalue weighted by Gasteiger charge is 2.32. The fourth-order valence-corrected chi connectivity index (χ4v) is 4.10. The summed E-state index contributed by atoms with van der Waals surface area (Å²) in [5.41, 5.74) is 0.601. The van der Waals surface area contributed by atoms with Crippen molar-refractivity contribution in [3.05, 3.63) is 11.1 Å². The van der Waals surface area contributed by atoms with E-state index >= 15 is 0 Å². The third kappa shape index (κ3) is 3.17. The normalized spacial score (nSPS) is 22.2. The van der Waals surface area contributed by atoms with Gasteiger partial charge in [-0.3, -0.25) is 0 Å². The molecule has 0 amide bonds. The minimum atomic E-state index is 0.601. The Kier molecular flexibility index (Phi) is 4.32. The van der Waals surface area contributed by atoms with Gasteiger partial charge in [-0.25, -0.2) is 4.98 Å². The summed E-state index contributed by atoms with van der Waals surface area (Å²) in [6, 6.07) is 0.783. The SMILES string of the molecule is CCC1(CC)CCN(c2ncc(CNC3CC3)s2)CC1. The molecule has 0 unspecified atom stereocenters. The van der Waals surface area contributed by atoms with E-state index in [-0.39, 0.29) is 0 Å². The molecule has 2 fully saturated rings. The van der Waals surface area contributed by atoms with Crippen molar-refractivity contribution in [3.63, 3.8) is 0 Å². The van der Waals surface area contributed by atoms with Crippen molar-refractivity contribution in [2.24, 2.45) is 5.41 Å². The quantitative estimate of drug-likeness (QED) is 0.864. The number of nitrogens with one attached hydrogen (secondary N) is 1. The lowest BCUT2D eigenvalue weighted by molar-refractivity contribution is 0.199. The number of piperidine rings is 1. The van der Waals surface area contributed by atoms with Crippen molar-refractivity contribution in [1.29, 1.82) is 0 Å². The van der Waals surface area contributed by atoms with E-state index < -0.39 is 0 Å². The maximum Gasteiger partial charge on any atom is 0.185 e. The maximum absolute atomic E-state index is 4.64. The van der Waals surface area contributed by atoms with E-state index in [1.54, 1.807) is 0 Å². The van der Waals surface area contributed by atoms with Crippen molar-refractivity contribution < 1.29 is 0 Å². The van der Waals surface area contributed by atoms with Crippen molar-refractivity contribution in [1.82, 2.24) is 10.3 Å². The number of aromatic nitrogens is 1. The molecular formula is C16H27N3S. The average molecular weight is 293 g/mol. The standard InChI is InChI=1S/C16H27N3S/c1-3-16(4-2)7-9-19(10-8-16)15-18-12-14(20-15)11-17-13-5-6-13/h12-13,17H,3-11H2,1-2H3. The molecule has 3 rings (SSSR count). The molecule has 1 saturated carbocycles. The summed E-state index contributed by atoms with van der Waals surface area (Å²) in [4.78, 5) is 8.52. The second-order valence-corrected chi connectivity index (χ2v) is 7.55. The van der Waals surface area contributed by atoms with Gasteiger partial charge in [0.15, 0.2) is 5.13 Å². The van der Waals surface area contributed by atoms with Gasteiger partial charge < -0.3 is 10.2 Å². The van der Waals surface area contributed by atoms with Gasteiger partial charge in [0.25, 0.3) is 0 Å². The molecule has 1 saturated heterocycles. The van der Waals surface area contributed by atoms with Crippen molar-refractivity contribution >= 4 is 16.5 Å². The van der Waals surface area contributed by atoms with Gasteiger partial charge >= 0.3 is 0 Å². The van der Waals surface area contributed by atoms with Crippen LogP contribution in [0.4, 0.5) is 5.13 Å². The average Bonchev–Trinajstić information content (AvgIpc) is 3.22. The lowest BCUT2D eigenvalue weighted by atomic mass is 9.74. The van der Waals surface area contributed by atoms with E-state index in [9.17, 15) is 0 Å². The molecule has 1 aliphatic carbocycles. The van der Waals surface area contributed by atoms with E-state index in [1.807, 2.05) is 11.3 Å². The molecule has 1 aliphatic heterocycles. The van der Waals surface area contributed by atoms with Crippen LogP contribution in [-0.2, 0) is 6.54 Å². The second-order valence-electron chi connectivity index (χ2n) is 6.46. The van der Waals surface area contributed by atoms with Crippen molar-refractivity contribution in [3.8, 4) is 0 Å². The van der Waals surface area contributed by atoms with Gasteiger partial charge in [0.05, 0.1) is 0 Å². The molecule has 0 bridgehead atoms. The smallest absolute Gasteiger partial charge is 0.185 e. The van der Waals surface area contributed by atoms with Crippen LogP contribution in [0.15, 0.2) is 6.20 Å². The fraction of sp³-hybridized carbons (Fsp3) is 0.812. The van der Waals surface area contributed by atoms with Crippen LogP contribution < -0.4 is 10.2 Å². The Hall–Kier alpha value is -0.610. The van der Waals surface area contributed by atoms with E-state index in [4.69, 9.17) is 0 Å². The van der Waals surface area contributed by atoms with Gasteiger partial charge in [0.2, 0.25) is 0 Å². The highest BCUT2D eigenvalue weighted by molar-refractivity contribution is 7.15. The predicted octanol–water partition coefficient (Wildman–Crippen LogP) is 3.80. The molecule has 1 N–H and O–H groups in total. The first-order valence-corrected chi connectivity index (χ1v) is 8.99. The van der Waals surface area contributed by atoms with E-state index in [0.717, 1.165) is 12.6 Å². The first-order valence-electron chi connectivity index (χ1n) is 8.18. The Bertz CT molecular complexity index is 425. The summed E-state index contributed by atoms with van der Waals surface area (Å²) in [6.07, 6.45) is 10.1. The Labute approximate surface area is 126 Å². The topological polar surface area (TPSA) is 28.2 Å². The zero-order valence-electron chi connectivity index (χ0n) is 12.8. The largest absolute Gasteiger partial charge is 0.348 e. The van der Waals surface area contributed by atoms with Gasteiger partial charge in [0.1, 0.15) is 0 Å². The zero-order valence-corrected chi connectivity index (χ0v) is 13.6. The summed E-state index contributed by atoms with van der Waals surface area (Å²) < 4.78 is 0. The zero-order chi connectivity index (χ0) is 14.0. The van der Waals surface area contributed by atoms with Crippen molar-refractivity contribution in [2.75, 3.05) is 18.0 Å². The molecule has 0 spiro atoms. The molecular weight excluding hydrogens is 266 g/mol. The van der Waals surface area contributed by atoms with Gasteiger partial charge in [-0.2, -0.15) is 0 Å². The van der Waals surface area contributed by atoms with Gasteiger partial charge in [-0.1, -0.05) is 26.7 Å². The summed E-state index contributed by atoms with van der Waals surface area (Å²) in [6.45, 7) is 8.08. The third-order valence-electron chi connectivity index (χ3n) is 5.28. The Morgan fingerprint density at radius 2 is 2.00 bits per heavy atom. The highest BCUT2D eigenvalue weighted by atomic mass is 32.1. The van der Waals surface area contributed by atoms with Gasteiger partial charge in [0, 0.05) is 36.8 Å². The van der Waals surface area contributed by atoms with Crippen LogP contribution in [-0.4, -0.2) is 24.1 Å². The van der Waals surface area contributed by atoms with Crippen LogP contribution in [0.1, 0.15) is 57.2 Å². The van der Waals surface area contributed by atoms with Crippen LogP contribution in [0.25, 0.3) is 0 Å². The minimum Gasteiger partial charge on any atom is -0.348 e. The summed E-state index contributed by atoms with van der Waals surface area (Å²) in [5.74, 6) is 0. The summed E-state index contributed by atoms with van der Waals surface area (Å²) >= 11 is 1.88. The molecule has 112 valence electrons. The van der Waals surface area contributed by atoms with Crippen LogP contribution in [0.2, 0.25) is 0 Å². The molecule has 1 aromatic rings. The number of nitrogens with zero attached hydrogens (tertiary/aromatic N) is 2. The monoisotopic (exact) mass is 293 g/mol. The van der Waals surface area contributed by atoms with Crippen LogP contribution in [0, 0.1) is 5.41 Å². The van der Waals surface area contributed by atoms with E-state index in [0.29, 0.717) is 5.41 Å². The third-order valence-corrected chi connectivity index (χ3v) is 6.34. The van der Waals surface area contributed by atoms with Crippen LogP contribution >= 0.6 is 11.3 Å². The predicted molar refractivity (Wildman–Crippen MR) is 86.4 cm³/mol. The summed E-state index contributed by atoms with van der Waals surface area (Å²) in [5, 5.41) is 4.81. The molecule has 0 aromatic carbocycles. The Morgan fingerprint density at radius 3 is 2.60 bits per heavy atom. The molecule has 4 heteroatoms. The summed E-state index contributed by atoms with van der Waals surface area (Å²) in [7, 11) is 0. The van der Waals surface area contributed by atoms with Crippen molar-refractivity contribution in [2.45, 2.75) is 65.0 Å². The first-order chi connectivity index (χ1) is 9.74. The molecule has 0 atom stereocenters. The number of hydrogen-bond donors (Lipinski definition) is 1. The highest BCUT2D eigenvalue weighted by Crippen LogP contribution is 2.39. The lowest BCUT2D eigenvalue weighted by Gasteiger charge is -2.40. The molecule has 0 radical (unpaired) electrons. The Morgan fingerprint density at radius 1 is 1.30 bits per heavy atom. The number of anilines is 1. The van der Waals surface area contributed by atoms with Crippen LogP contribution in [0.3, 0.4) is 0 Å². The van der Waals surface area contributed by atoms with E-state index in [2.05, 4.69) is 35.2 Å². The minimum absolute atomic E-state index is 0.601. The molecule has 1 aromatic heterocycles. The number of rotatable bonds is 6. The molecule has 3 nitrogen and oxygen atoms in total. The second kappa shape index (κ2) is 6.02. The fourth-order valence-electron chi connectivity index (χ4n) is 3.19. The number of thiazole rings is 1. The van der Waals surface area contributed by atoms with Gasteiger partial charge in [-0.15, -0.1) is 11.3 Å². The molecule has 2 heterocycles. The molecule has 20 heavy (non-hydrogen) atoms. The first kappa shape index (κ1) is 14.3. The van der Waals surface area contributed by atoms with Gasteiger partial charge in [-0.05, 0) is 31.1 Å². The maximum atomic E-state index is 4.64. The Balaban J connectivity index is 1.54. The lowest BCUT2D eigenvalue weighted by Crippen LogP contribution is -2.39. The van der Waals surface area contributed by atoms with Crippen LogP contribution in [0.5, 0.6) is 0 Å².